The van der Waals surface area contributed by atoms with Crippen LogP contribution in [0.1, 0.15) is 12.5 Å². The van der Waals surface area contributed by atoms with Gasteiger partial charge in [-0.05, 0) is 18.1 Å². The van der Waals surface area contributed by atoms with E-state index in [1.54, 1.807) is 6.07 Å². The number of nitrogen functional groups attached to an aromatic ring is 1. The molecule has 0 fully saturated rings. The maximum absolute atomic E-state index is 9.27. The number of aryl methyl sites for hydroxylation is 1. The number of phenolic OH excluding ortho intramolecular Hbond substituents is 1. The van der Waals surface area contributed by atoms with Crippen molar-refractivity contribution < 1.29 is 5.11 Å². The summed E-state index contributed by atoms with van der Waals surface area (Å²) in [5, 5.41) is 9.27. The summed E-state index contributed by atoms with van der Waals surface area (Å²) in [6.45, 7) is 1.98. The number of halogens is 1. The monoisotopic (exact) mass is 217 g/mol. The topological polar surface area (TPSA) is 46.2 Å². The van der Waals surface area contributed by atoms with E-state index in [4.69, 9.17) is 5.73 Å². The standard InChI is InChI=1S/C8H11NO.BrH/c1-2-6-4-3-5-7(9)8(6)10;/h3-5,10H,2,9H2,1H3;1H. The lowest BCUT2D eigenvalue weighted by atomic mass is 10.1. The Morgan fingerprint density at radius 3 is 2.55 bits per heavy atom. The molecule has 2 nitrogen and oxygen atoms in total. The van der Waals surface area contributed by atoms with Crippen molar-refractivity contribution in [2.75, 3.05) is 5.73 Å². The summed E-state index contributed by atoms with van der Waals surface area (Å²) in [6.07, 6.45) is 0.816. The van der Waals surface area contributed by atoms with E-state index in [2.05, 4.69) is 0 Å². The van der Waals surface area contributed by atoms with Crippen LogP contribution >= 0.6 is 17.0 Å². The largest absolute Gasteiger partial charge is 0.506 e. The van der Waals surface area contributed by atoms with E-state index in [1.165, 1.54) is 0 Å². The molecule has 0 aliphatic rings. The molecule has 1 aromatic rings. The van der Waals surface area contributed by atoms with Crippen LogP contribution in [-0.2, 0) is 6.42 Å². The number of nitrogens with two attached hydrogens (primary N) is 1. The molecule has 0 saturated heterocycles. The zero-order valence-corrected chi connectivity index (χ0v) is 8.09. The van der Waals surface area contributed by atoms with Gasteiger partial charge in [-0.25, -0.2) is 0 Å². The molecule has 0 aliphatic heterocycles. The summed E-state index contributed by atoms with van der Waals surface area (Å²) in [5.41, 5.74) is 6.81. The van der Waals surface area contributed by atoms with Gasteiger partial charge in [0.1, 0.15) is 5.75 Å². The Bertz CT molecular complexity index is 238. The molecule has 1 aromatic carbocycles. The number of benzene rings is 1. The van der Waals surface area contributed by atoms with E-state index in [1.807, 2.05) is 19.1 Å². The van der Waals surface area contributed by atoms with Gasteiger partial charge in [-0.1, -0.05) is 19.1 Å². The molecule has 11 heavy (non-hydrogen) atoms. The second-order valence-corrected chi connectivity index (χ2v) is 2.21. The number of hydrogen-bond donors (Lipinski definition) is 2. The predicted octanol–water partition coefficient (Wildman–Crippen LogP) is 2.11. The van der Waals surface area contributed by atoms with Gasteiger partial charge in [0.2, 0.25) is 0 Å². The van der Waals surface area contributed by atoms with Crippen LogP contribution in [0.3, 0.4) is 0 Å². The van der Waals surface area contributed by atoms with Gasteiger partial charge in [0.05, 0.1) is 5.69 Å². The Morgan fingerprint density at radius 2 is 2.09 bits per heavy atom. The molecule has 0 spiro atoms. The van der Waals surface area contributed by atoms with Crippen molar-refractivity contribution in [2.24, 2.45) is 0 Å². The van der Waals surface area contributed by atoms with Crippen LogP contribution in [0.15, 0.2) is 18.2 Å². The van der Waals surface area contributed by atoms with Crippen LogP contribution in [0.4, 0.5) is 5.69 Å². The maximum atomic E-state index is 9.27. The predicted molar refractivity (Wildman–Crippen MR) is 52.2 cm³/mol. The quantitative estimate of drug-likeness (QED) is 0.560. The van der Waals surface area contributed by atoms with E-state index >= 15 is 0 Å². The van der Waals surface area contributed by atoms with Crippen LogP contribution in [0.25, 0.3) is 0 Å². The van der Waals surface area contributed by atoms with E-state index in [-0.39, 0.29) is 22.7 Å². The smallest absolute Gasteiger partial charge is 0.141 e. The normalized spacial score (nSPS) is 8.82. The minimum atomic E-state index is 0. The first-order chi connectivity index (χ1) is 4.75. The number of phenols is 1. The zero-order valence-electron chi connectivity index (χ0n) is 6.37. The van der Waals surface area contributed by atoms with Crippen molar-refractivity contribution in [3.8, 4) is 5.75 Å². The number of aromatic hydroxyl groups is 1. The van der Waals surface area contributed by atoms with Gasteiger partial charge in [0.25, 0.3) is 0 Å². The van der Waals surface area contributed by atoms with E-state index in [0.717, 1.165) is 12.0 Å². The van der Waals surface area contributed by atoms with Crippen molar-refractivity contribution in [2.45, 2.75) is 13.3 Å². The molecular weight excluding hydrogens is 206 g/mol. The molecule has 62 valence electrons. The Balaban J connectivity index is 0.000001000. The van der Waals surface area contributed by atoms with Crippen LogP contribution in [0.5, 0.6) is 5.75 Å². The summed E-state index contributed by atoms with van der Waals surface area (Å²) in [5.74, 6) is 0.227. The summed E-state index contributed by atoms with van der Waals surface area (Å²) < 4.78 is 0. The fourth-order valence-electron chi connectivity index (χ4n) is 0.896. The first-order valence-corrected chi connectivity index (χ1v) is 3.32. The summed E-state index contributed by atoms with van der Waals surface area (Å²) in [4.78, 5) is 0. The average Bonchev–Trinajstić information content (AvgIpc) is 1.95. The number of anilines is 1. The Labute approximate surface area is 76.8 Å². The summed E-state index contributed by atoms with van der Waals surface area (Å²) in [6, 6.07) is 5.40. The molecule has 0 radical (unpaired) electrons. The van der Waals surface area contributed by atoms with Gasteiger partial charge in [-0.2, -0.15) is 0 Å². The second kappa shape index (κ2) is 4.23. The molecule has 0 saturated carbocycles. The molecule has 0 aromatic heterocycles. The fourth-order valence-corrected chi connectivity index (χ4v) is 0.896. The van der Waals surface area contributed by atoms with Crippen LogP contribution in [0.2, 0.25) is 0 Å². The Hall–Kier alpha value is -0.700. The number of hydrogen-bond acceptors (Lipinski definition) is 2. The van der Waals surface area contributed by atoms with Gasteiger partial charge in [-0.3, -0.25) is 0 Å². The third kappa shape index (κ3) is 2.12. The van der Waals surface area contributed by atoms with E-state index in [9.17, 15) is 5.11 Å². The van der Waals surface area contributed by atoms with Gasteiger partial charge in [0, 0.05) is 0 Å². The van der Waals surface area contributed by atoms with Crippen LogP contribution in [-0.4, -0.2) is 5.11 Å². The molecule has 3 N–H and O–H groups in total. The van der Waals surface area contributed by atoms with Gasteiger partial charge < -0.3 is 10.8 Å². The third-order valence-corrected chi connectivity index (χ3v) is 1.53. The lowest BCUT2D eigenvalue weighted by Crippen LogP contribution is -1.88. The first kappa shape index (κ1) is 10.3. The van der Waals surface area contributed by atoms with Crippen molar-refractivity contribution in [1.29, 1.82) is 0 Å². The lowest BCUT2D eigenvalue weighted by Gasteiger charge is -2.02. The van der Waals surface area contributed by atoms with Crippen LogP contribution < -0.4 is 5.73 Å². The van der Waals surface area contributed by atoms with E-state index in [0.29, 0.717) is 5.69 Å². The second-order valence-electron chi connectivity index (χ2n) is 2.21. The SMILES string of the molecule is Br.CCc1cccc(N)c1O. The first-order valence-electron chi connectivity index (χ1n) is 3.32. The van der Waals surface area contributed by atoms with Gasteiger partial charge >= 0.3 is 0 Å². The molecule has 0 heterocycles. The van der Waals surface area contributed by atoms with Crippen LogP contribution in [0, 0.1) is 0 Å². The lowest BCUT2D eigenvalue weighted by molar-refractivity contribution is 0.471. The molecule has 0 unspecified atom stereocenters. The molecule has 0 aliphatic carbocycles. The minimum absolute atomic E-state index is 0. The number of rotatable bonds is 1. The Kier molecular flexibility index (Phi) is 3.97. The highest BCUT2D eigenvalue weighted by Crippen LogP contribution is 2.24. The van der Waals surface area contributed by atoms with Crippen molar-refractivity contribution in [1.82, 2.24) is 0 Å². The highest BCUT2D eigenvalue weighted by atomic mass is 79.9. The zero-order chi connectivity index (χ0) is 7.56. The van der Waals surface area contributed by atoms with Gasteiger partial charge in [-0.15, -0.1) is 17.0 Å². The third-order valence-electron chi connectivity index (χ3n) is 1.53. The minimum Gasteiger partial charge on any atom is -0.506 e. The molecule has 1 rings (SSSR count). The molecule has 0 amide bonds. The Morgan fingerprint density at radius 1 is 1.45 bits per heavy atom. The molecular formula is C8H12BrNO. The summed E-state index contributed by atoms with van der Waals surface area (Å²) in [7, 11) is 0. The summed E-state index contributed by atoms with van der Waals surface area (Å²) >= 11 is 0. The molecule has 0 atom stereocenters. The van der Waals surface area contributed by atoms with E-state index < -0.39 is 0 Å². The van der Waals surface area contributed by atoms with Crippen molar-refractivity contribution in [3.05, 3.63) is 23.8 Å². The van der Waals surface area contributed by atoms with Crippen molar-refractivity contribution in [3.63, 3.8) is 0 Å². The maximum Gasteiger partial charge on any atom is 0.141 e. The highest BCUT2D eigenvalue weighted by molar-refractivity contribution is 8.93. The highest BCUT2D eigenvalue weighted by Gasteiger charge is 1.99. The molecule has 3 heteroatoms. The number of para-hydroxylation sites is 1. The van der Waals surface area contributed by atoms with Crippen molar-refractivity contribution >= 4 is 22.7 Å². The average molecular weight is 218 g/mol. The fraction of sp³-hybridized carbons (Fsp3) is 0.250. The molecule has 0 bridgehead atoms. The van der Waals surface area contributed by atoms with Gasteiger partial charge in [0.15, 0.2) is 0 Å².